The zero-order valence-electron chi connectivity index (χ0n) is 13.5. The molecule has 0 bridgehead atoms. The number of amides is 1. The second kappa shape index (κ2) is 8.06. The maximum absolute atomic E-state index is 13.5. The zero-order valence-corrected chi connectivity index (χ0v) is 13.5. The van der Waals surface area contributed by atoms with Crippen LogP contribution in [0.5, 0.6) is 5.75 Å². The standard InChI is InChI=1S/C17H18F2N2O4/c18-13-2-1-3-14(19)16(13)24-10-12-8-15(21-25-12)17(22)20-6-4-11-5-7-23-9-11/h1-3,8,11H,4-7,9-10H2,(H,20,22). The van der Waals surface area contributed by atoms with E-state index in [1.165, 1.54) is 12.1 Å². The van der Waals surface area contributed by atoms with Crippen LogP contribution in [0, 0.1) is 17.6 Å². The van der Waals surface area contributed by atoms with Gasteiger partial charge in [-0.2, -0.15) is 0 Å². The summed E-state index contributed by atoms with van der Waals surface area (Å²) in [6.07, 6.45) is 1.85. The van der Waals surface area contributed by atoms with Gasteiger partial charge in [-0.3, -0.25) is 4.79 Å². The van der Waals surface area contributed by atoms with E-state index in [-0.39, 0.29) is 24.0 Å². The lowest BCUT2D eigenvalue weighted by Gasteiger charge is -2.07. The van der Waals surface area contributed by atoms with Crippen LogP contribution in [0.1, 0.15) is 29.1 Å². The molecular weight excluding hydrogens is 334 g/mol. The Morgan fingerprint density at radius 2 is 2.16 bits per heavy atom. The number of halogens is 2. The summed E-state index contributed by atoms with van der Waals surface area (Å²) in [4.78, 5) is 12.0. The Labute approximate surface area is 143 Å². The van der Waals surface area contributed by atoms with Gasteiger partial charge in [0.05, 0.1) is 0 Å². The Morgan fingerprint density at radius 3 is 2.88 bits per heavy atom. The van der Waals surface area contributed by atoms with Gasteiger partial charge in [0.1, 0.15) is 6.61 Å². The highest BCUT2D eigenvalue weighted by atomic mass is 19.1. The number of aromatic nitrogens is 1. The summed E-state index contributed by atoms with van der Waals surface area (Å²) in [6, 6.07) is 4.80. The Kier molecular flexibility index (Phi) is 5.60. The maximum Gasteiger partial charge on any atom is 0.273 e. The van der Waals surface area contributed by atoms with Crippen molar-refractivity contribution < 1.29 is 27.6 Å². The molecule has 134 valence electrons. The first-order valence-corrected chi connectivity index (χ1v) is 8.02. The van der Waals surface area contributed by atoms with E-state index in [4.69, 9.17) is 14.0 Å². The molecule has 0 aliphatic carbocycles. The van der Waals surface area contributed by atoms with E-state index < -0.39 is 17.4 Å². The zero-order chi connectivity index (χ0) is 17.6. The van der Waals surface area contributed by atoms with Crippen molar-refractivity contribution in [2.75, 3.05) is 19.8 Å². The quantitative estimate of drug-likeness (QED) is 0.829. The van der Waals surface area contributed by atoms with Crippen LogP contribution in [-0.2, 0) is 11.3 Å². The van der Waals surface area contributed by atoms with Gasteiger partial charge in [0.25, 0.3) is 5.91 Å². The highest BCUT2D eigenvalue weighted by Crippen LogP contribution is 2.22. The van der Waals surface area contributed by atoms with Crippen molar-refractivity contribution in [2.24, 2.45) is 5.92 Å². The SMILES string of the molecule is O=C(NCCC1CCOC1)c1cc(COc2c(F)cccc2F)on1. The number of para-hydroxylation sites is 1. The highest BCUT2D eigenvalue weighted by molar-refractivity contribution is 5.92. The van der Waals surface area contributed by atoms with Crippen LogP contribution in [0.4, 0.5) is 8.78 Å². The van der Waals surface area contributed by atoms with Crippen molar-refractivity contribution in [3.8, 4) is 5.75 Å². The number of carbonyl (C=O) groups excluding carboxylic acids is 1. The minimum atomic E-state index is -0.812. The number of carbonyl (C=O) groups is 1. The fourth-order valence-electron chi connectivity index (χ4n) is 2.54. The molecule has 1 amide bonds. The molecular formula is C17H18F2N2O4. The van der Waals surface area contributed by atoms with E-state index >= 15 is 0 Å². The molecule has 1 unspecified atom stereocenters. The average molecular weight is 352 g/mol. The van der Waals surface area contributed by atoms with Gasteiger partial charge in [0, 0.05) is 25.8 Å². The topological polar surface area (TPSA) is 73.6 Å². The summed E-state index contributed by atoms with van der Waals surface area (Å²) in [5.41, 5.74) is 0.0928. The Morgan fingerprint density at radius 1 is 1.36 bits per heavy atom. The molecule has 3 rings (SSSR count). The number of benzene rings is 1. The lowest BCUT2D eigenvalue weighted by atomic mass is 10.1. The summed E-state index contributed by atoms with van der Waals surface area (Å²) in [5.74, 6) is -1.83. The third-order valence-electron chi connectivity index (χ3n) is 3.93. The Bertz CT molecular complexity index is 709. The van der Waals surface area contributed by atoms with Gasteiger partial charge in [-0.1, -0.05) is 11.2 Å². The monoisotopic (exact) mass is 352 g/mol. The summed E-state index contributed by atoms with van der Waals surface area (Å²) >= 11 is 0. The summed E-state index contributed by atoms with van der Waals surface area (Å²) in [7, 11) is 0. The molecule has 1 aromatic carbocycles. The van der Waals surface area contributed by atoms with Crippen LogP contribution in [0.3, 0.4) is 0 Å². The number of hydrogen-bond acceptors (Lipinski definition) is 5. The molecule has 0 radical (unpaired) electrons. The fraction of sp³-hybridized carbons (Fsp3) is 0.412. The molecule has 1 aromatic heterocycles. The van der Waals surface area contributed by atoms with Crippen LogP contribution < -0.4 is 10.1 Å². The first kappa shape index (κ1) is 17.3. The van der Waals surface area contributed by atoms with Crippen molar-refractivity contribution in [2.45, 2.75) is 19.4 Å². The van der Waals surface area contributed by atoms with Crippen molar-refractivity contribution in [1.82, 2.24) is 10.5 Å². The van der Waals surface area contributed by atoms with Gasteiger partial charge in [0.15, 0.2) is 28.8 Å². The predicted octanol–water partition coefficient (Wildman–Crippen LogP) is 2.69. The molecule has 1 saturated heterocycles. The summed E-state index contributed by atoms with van der Waals surface area (Å²) in [6.45, 7) is 1.78. The Hall–Kier alpha value is -2.48. The fourth-order valence-corrected chi connectivity index (χ4v) is 2.54. The van der Waals surface area contributed by atoms with Crippen molar-refractivity contribution in [3.05, 3.63) is 47.4 Å². The molecule has 25 heavy (non-hydrogen) atoms. The largest absolute Gasteiger partial charge is 0.479 e. The summed E-state index contributed by atoms with van der Waals surface area (Å²) in [5, 5.41) is 6.40. The number of nitrogens with zero attached hydrogens (tertiary/aromatic N) is 1. The number of hydrogen-bond donors (Lipinski definition) is 1. The van der Waals surface area contributed by atoms with Gasteiger partial charge in [0.2, 0.25) is 0 Å². The van der Waals surface area contributed by atoms with E-state index in [0.29, 0.717) is 12.5 Å². The van der Waals surface area contributed by atoms with E-state index in [9.17, 15) is 13.6 Å². The summed E-state index contributed by atoms with van der Waals surface area (Å²) < 4.78 is 42.2. The molecule has 0 spiro atoms. The molecule has 2 heterocycles. The van der Waals surface area contributed by atoms with Gasteiger partial charge in [-0.25, -0.2) is 8.78 Å². The van der Waals surface area contributed by atoms with Crippen LogP contribution in [0.25, 0.3) is 0 Å². The second-order valence-electron chi connectivity index (χ2n) is 5.79. The minimum absolute atomic E-state index is 0.0928. The van der Waals surface area contributed by atoms with Crippen LogP contribution in [0.2, 0.25) is 0 Å². The lowest BCUT2D eigenvalue weighted by Crippen LogP contribution is -2.26. The smallest absolute Gasteiger partial charge is 0.273 e. The Balaban J connectivity index is 1.48. The van der Waals surface area contributed by atoms with E-state index in [1.54, 1.807) is 0 Å². The molecule has 0 saturated carbocycles. The molecule has 8 heteroatoms. The third kappa shape index (κ3) is 4.54. The van der Waals surface area contributed by atoms with Gasteiger partial charge >= 0.3 is 0 Å². The van der Waals surface area contributed by atoms with Crippen molar-refractivity contribution >= 4 is 5.91 Å². The van der Waals surface area contributed by atoms with Gasteiger partial charge in [-0.15, -0.1) is 0 Å². The lowest BCUT2D eigenvalue weighted by molar-refractivity contribution is 0.0941. The maximum atomic E-state index is 13.5. The van der Waals surface area contributed by atoms with Crippen molar-refractivity contribution in [1.29, 1.82) is 0 Å². The molecule has 1 aliphatic rings. The van der Waals surface area contributed by atoms with E-state index in [1.807, 2.05) is 0 Å². The minimum Gasteiger partial charge on any atom is -0.479 e. The molecule has 1 aliphatic heterocycles. The number of nitrogens with one attached hydrogen (secondary N) is 1. The van der Waals surface area contributed by atoms with Gasteiger partial charge in [-0.05, 0) is 30.9 Å². The molecule has 6 nitrogen and oxygen atoms in total. The van der Waals surface area contributed by atoms with Crippen LogP contribution in [0.15, 0.2) is 28.8 Å². The van der Waals surface area contributed by atoms with E-state index in [2.05, 4.69) is 10.5 Å². The highest BCUT2D eigenvalue weighted by Gasteiger charge is 2.17. The van der Waals surface area contributed by atoms with Crippen molar-refractivity contribution in [3.63, 3.8) is 0 Å². The average Bonchev–Trinajstić information content (AvgIpc) is 3.26. The number of ether oxygens (including phenoxy) is 2. The van der Waals surface area contributed by atoms with E-state index in [0.717, 1.165) is 38.2 Å². The van der Waals surface area contributed by atoms with Gasteiger partial charge < -0.3 is 19.3 Å². The predicted molar refractivity (Wildman–Crippen MR) is 83.1 cm³/mol. The second-order valence-corrected chi connectivity index (χ2v) is 5.79. The number of rotatable bonds is 7. The first-order chi connectivity index (χ1) is 12.1. The molecule has 2 aromatic rings. The first-order valence-electron chi connectivity index (χ1n) is 8.02. The molecule has 1 fully saturated rings. The molecule has 1 N–H and O–H groups in total. The van der Waals surface area contributed by atoms with Crippen LogP contribution in [-0.4, -0.2) is 30.8 Å². The third-order valence-corrected chi connectivity index (χ3v) is 3.93. The normalized spacial score (nSPS) is 16.8. The van der Waals surface area contributed by atoms with Crippen LogP contribution >= 0.6 is 0 Å². The molecule has 1 atom stereocenters.